The molecule has 3 heterocycles. The lowest BCUT2D eigenvalue weighted by Gasteiger charge is -2.05. The van der Waals surface area contributed by atoms with Crippen molar-refractivity contribution in [1.29, 1.82) is 0 Å². The first-order valence-electron chi connectivity index (χ1n) is 8.85. The highest BCUT2D eigenvalue weighted by molar-refractivity contribution is 7.99. The van der Waals surface area contributed by atoms with Crippen molar-refractivity contribution < 1.29 is 9.21 Å². The van der Waals surface area contributed by atoms with E-state index in [0.717, 1.165) is 22.4 Å². The summed E-state index contributed by atoms with van der Waals surface area (Å²) >= 11 is 2.71. The Morgan fingerprint density at radius 1 is 1.21 bits per heavy atom. The molecule has 1 amide bonds. The minimum Gasteiger partial charge on any atom is -0.453 e. The van der Waals surface area contributed by atoms with Crippen LogP contribution in [0.3, 0.4) is 0 Å². The van der Waals surface area contributed by atoms with Gasteiger partial charge in [0.25, 0.3) is 0 Å². The number of aromatic nitrogens is 5. The Morgan fingerprint density at radius 3 is 2.82 bits per heavy atom. The number of hydrogen-bond acceptors (Lipinski definition) is 8. The number of anilines is 1. The Kier molecular flexibility index (Phi) is 5.40. The fourth-order valence-corrected chi connectivity index (χ4v) is 4.19. The smallest absolute Gasteiger partial charge is 0.236 e. The number of furan rings is 1. The molecule has 0 aliphatic rings. The van der Waals surface area contributed by atoms with Gasteiger partial charge in [0.15, 0.2) is 10.9 Å². The number of hydrogen-bond donors (Lipinski definition) is 1. The number of para-hydroxylation sites is 1. The SMILES string of the molecule is CCc1nnc(NC(=O)CSc2nnc(-c3cc4ccccc4o3)n2CC)s1. The Morgan fingerprint density at radius 2 is 2.07 bits per heavy atom. The summed E-state index contributed by atoms with van der Waals surface area (Å²) in [5, 5.41) is 22.3. The molecule has 0 atom stereocenters. The van der Waals surface area contributed by atoms with E-state index in [1.165, 1.54) is 23.1 Å². The van der Waals surface area contributed by atoms with Gasteiger partial charge in [0, 0.05) is 11.9 Å². The number of aryl methyl sites for hydroxylation is 1. The van der Waals surface area contributed by atoms with Crippen LogP contribution in [0.15, 0.2) is 39.9 Å². The molecule has 10 heteroatoms. The first kappa shape index (κ1) is 18.6. The van der Waals surface area contributed by atoms with Crippen LogP contribution in [0.2, 0.25) is 0 Å². The van der Waals surface area contributed by atoms with E-state index in [-0.39, 0.29) is 11.7 Å². The molecule has 4 aromatic rings. The molecule has 8 nitrogen and oxygen atoms in total. The van der Waals surface area contributed by atoms with Gasteiger partial charge < -0.3 is 4.42 Å². The normalized spacial score (nSPS) is 11.2. The molecule has 0 saturated heterocycles. The molecule has 1 N–H and O–H groups in total. The summed E-state index contributed by atoms with van der Waals surface area (Å²) < 4.78 is 7.84. The highest BCUT2D eigenvalue weighted by Crippen LogP contribution is 2.29. The van der Waals surface area contributed by atoms with Gasteiger partial charge in [-0.2, -0.15) is 0 Å². The van der Waals surface area contributed by atoms with Crippen molar-refractivity contribution >= 4 is 45.1 Å². The summed E-state index contributed by atoms with van der Waals surface area (Å²) in [5.74, 6) is 1.37. The minimum atomic E-state index is -0.153. The number of benzene rings is 1. The predicted octanol–water partition coefficient (Wildman–Crippen LogP) is 3.86. The molecule has 1 aromatic carbocycles. The van der Waals surface area contributed by atoms with E-state index in [2.05, 4.69) is 25.7 Å². The Labute approximate surface area is 169 Å². The molecular formula is C18H18N6O2S2. The van der Waals surface area contributed by atoms with E-state index in [9.17, 15) is 4.79 Å². The molecule has 0 unspecified atom stereocenters. The third-order valence-corrected chi connectivity index (χ3v) is 5.98. The molecule has 4 rings (SSSR count). The lowest BCUT2D eigenvalue weighted by molar-refractivity contribution is -0.113. The lowest BCUT2D eigenvalue weighted by atomic mass is 10.2. The zero-order valence-corrected chi connectivity index (χ0v) is 17.0. The molecule has 144 valence electrons. The van der Waals surface area contributed by atoms with Crippen LogP contribution < -0.4 is 5.32 Å². The van der Waals surface area contributed by atoms with Crippen LogP contribution in [-0.4, -0.2) is 36.6 Å². The number of carbonyl (C=O) groups excluding carboxylic acids is 1. The Hall–Kier alpha value is -2.72. The van der Waals surface area contributed by atoms with Gasteiger partial charge in [0.05, 0.1) is 5.75 Å². The summed E-state index contributed by atoms with van der Waals surface area (Å²) in [6.45, 7) is 4.67. The molecule has 0 bridgehead atoms. The first-order valence-corrected chi connectivity index (χ1v) is 10.6. The minimum absolute atomic E-state index is 0.153. The van der Waals surface area contributed by atoms with Gasteiger partial charge in [-0.25, -0.2) is 0 Å². The van der Waals surface area contributed by atoms with Gasteiger partial charge in [0.2, 0.25) is 16.9 Å². The highest BCUT2D eigenvalue weighted by atomic mass is 32.2. The van der Waals surface area contributed by atoms with Gasteiger partial charge in [-0.05, 0) is 25.5 Å². The van der Waals surface area contributed by atoms with Crippen LogP contribution in [0.1, 0.15) is 18.9 Å². The van der Waals surface area contributed by atoms with E-state index in [1.54, 1.807) is 0 Å². The van der Waals surface area contributed by atoms with Gasteiger partial charge in [-0.1, -0.05) is 48.2 Å². The second-order valence-corrected chi connectivity index (χ2v) is 7.89. The van der Waals surface area contributed by atoms with E-state index in [1.807, 2.05) is 48.7 Å². The monoisotopic (exact) mass is 414 g/mol. The molecule has 0 spiro atoms. The number of nitrogens with zero attached hydrogens (tertiary/aromatic N) is 5. The topological polar surface area (TPSA) is 98.7 Å². The maximum absolute atomic E-state index is 12.2. The van der Waals surface area contributed by atoms with Crippen LogP contribution >= 0.6 is 23.1 Å². The van der Waals surface area contributed by atoms with E-state index >= 15 is 0 Å². The van der Waals surface area contributed by atoms with Gasteiger partial charge in [-0.15, -0.1) is 20.4 Å². The Bertz CT molecular complexity index is 1080. The molecule has 0 radical (unpaired) electrons. The van der Waals surface area contributed by atoms with Gasteiger partial charge in [-0.3, -0.25) is 14.7 Å². The maximum Gasteiger partial charge on any atom is 0.236 e. The number of amides is 1. The van der Waals surface area contributed by atoms with Crippen molar-refractivity contribution in [3.63, 3.8) is 0 Å². The van der Waals surface area contributed by atoms with Crippen LogP contribution in [0, 0.1) is 0 Å². The van der Waals surface area contributed by atoms with Gasteiger partial charge in [0.1, 0.15) is 10.6 Å². The summed E-state index contributed by atoms with van der Waals surface area (Å²) in [7, 11) is 0. The molecule has 0 aliphatic heterocycles. The lowest BCUT2D eigenvalue weighted by Crippen LogP contribution is -2.14. The number of rotatable bonds is 7. The fraction of sp³-hybridized carbons (Fsp3) is 0.278. The van der Waals surface area contributed by atoms with Crippen molar-refractivity contribution in [2.75, 3.05) is 11.1 Å². The third-order valence-electron chi connectivity index (χ3n) is 4.03. The largest absolute Gasteiger partial charge is 0.453 e. The molecule has 3 aromatic heterocycles. The number of nitrogens with one attached hydrogen (secondary N) is 1. The molecular weight excluding hydrogens is 396 g/mol. The van der Waals surface area contributed by atoms with E-state index in [4.69, 9.17) is 4.42 Å². The molecule has 0 fully saturated rings. The van der Waals surface area contributed by atoms with E-state index in [0.29, 0.717) is 28.4 Å². The average molecular weight is 415 g/mol. The van der Waals surface area contributed by atoms with Crippen LogP contribution in [0.25, 0.3) is 22.6 Å². The van der Waals surface area contributed by atoms with E-state index < -0.39 is 0 Å². The number of thioether (sulfide) groups is 1. The van der Waals surface area contributed by atoms with Crippen LogP contribution in [0.4, 0.5) is 5.13 Å². The summed E-state index contributed by atoms with van der Waals surface area (Å²) in [4.78, 5) is 12.2. The second-order valence-electron chi connectivity index (χ2n) is 5.89. The summed E-state index contributed by atoms with van der Waals surface area (Å²) in [6, 6.07) is 9.76. The predicted molar refractivity (Wildman–Crippen MR) is 110 cm³/mol. The van der Waals surface area contributed by atoms with Crippen molar-refractivity contribution in [3.05, 3.63) is 35.3 Å². The van der Waals surface area contributed by atoms with Crippen molar-refractivity contribution in [3.8, 4) is 11.6 Å². The standard InChI is InChI=1S/C18H18N6O2S2/c1-3-15-20-22-17(28-15)19-14(25)10-27-18-23-21-16(24(18)4-2)13-9-11-7-5-6-8-12(11)26-13/h5-9H,3-4,10H2,1-2H3,(H,19,22,25). The zero-order chi connectivity index (χ0) is 19.5. The molecule has 28 heavy (non-hydrogen) atoms. The first-order chi connectivity index (χ1) is 13.7. The zero-order valence-electron chi connectivity index (χ0n) is 15.4. The highest BCUT2D eigenvalue weighted by Gasteiger charge is 2.18. The fourth-order valence-electron chi connectivity index (χ4n) is 2.69. The number of carbonyl (C=O) groups is 1. The molecule has 0 saturated carbocycles. The third kappa shape index (κ3) is 3.78. The number of fused-ring (bicyclic) bond motifs is 1. The Balaban J connectivity index is 1.47. The average Bonchev–Trinajstić information content (AvgIpc) is 3.43. The second kappa shape index (κ2) is 8.11. The van der Waals surface area contributed by atoms with Crippen molar-refractivity contribution in [1.82, 2.24) is 25.0 Å². The van der Waals surface area contributed by atoms with Crippen molar-refractivity contribution in [2.24, 2.45) is 0 Å². The maximum atomic E-state index is 12.2. The van der Waals surface area contributed by atoms with Crippen LogP contribution in [0.5, 0.6) is 0 Å². The van der Waals surface area contributed by atoms with Crippen LogP contribution in [-0.2, 0) is 17.8 Å². The summed E-state index contributed by atoms with van der Waals surface area (Å²) in [5.41, 5.74) is 0.806. The molecule has 0 aliphatic carbocycles. The van der Waals surface area contributed by atoms with Gasteiger partial charge >= 0.3 is 0 Å². The van der Waals surface area contributed by atoms with Crippen molar-refractivity contribution in [2.45, 2.75) is 32.0 Å². The quantitative estimate of drug-likeness (QED) is 0.459. The summed E-state index contributed by atoms with van der Waals surface area (Å²) in [6.07, 6.45) is 0.798.